The molecule has 0 saturated carbocycles. The fourth-order valence-corrected chi connectivity index (χ4v) is 3.45. The van der Waals surface area contributed by atoms with Gasteiger partial charge in [-0.25, -0.2) is 18.0 Å². The van der Waals surface area contributed by atoms with E-state index in [0.717, 1.165) is 0 Å². The molecule has 0 amide bonds. The molecule has 1 aliphatic heterocycles. The number of aliphatic hydroxyl groups is 1. The molecule has 2 aromatic carbocycles. The van der Waals surface area contributed by atoms with Crippen LogP contribution in [-0.4, -0.2) is 39.1 Å². The summed E-state index contributed by atoms with van der Waals surface area (Å²) < 4.78 is 41.8. The van der Waals surface area contributed by atoms with E-state index >= 15 is 0 Å². The van der Waals surface area contributed by atoms with Gasteiger partial charge in [0.25, 0.3) is 0 Å². The molecule has 0 aromatic heterocycles. The molecule has 2 N–H and O–H groups in total. The summed E-state index contributed by atoms with van der Waals surface area (Å²) in [7, 11) is 0. The Bertz CT molecular complexity index is 1080. The van der Waals surface area contributed by atoms with Gasteiger partial charge in [0, 0.05) is 18.2 Å². The molecule has 1 unspecified atom stereocenters. The number of aliphatic hydroxyl groups excluding tert-OH is 1. The smallest absolute Gasteiger partial charge is 0.332 e. The largest absolute Gasteiger partial charge is 0.479 e. The van der Waals surface area contributed by atoms with Gasteiger partial charge in [0.1, 0.15) is 23.6 Å². The number of benzene rings is 2. The molecule has 5 nitrogen and oxygen atoms in total. The Balaban J connectivity index is 2.04. The summed E-state index contributed by atoms with van der Waals surface area (Å²) in [5.74, 6) is -2.92. The Morgan fingerprint density at radius 1 is 1.06 bits per heavy atom. The van der Waals surface area contributed by atoms with Crippen LogP contribution in [0.3, 0.4) is 0 Å². The molecule has 1 heterocycles. The topological polar surface area (TPSA) is 73.1 Å². The third-order valence-electron chi connectivity index (χ3n) is 5.21. The molecular formula is C25H25F3N2O3. The molecule has 2 aromatic rings. The van der Waals surface area contributed by atoms with E-state index in [1.807, 2.05) is 13.8 Å². The molecule has 2 atom stereocenters. The van der Waals surface area contributed by atoms with E-state index in [4.69, 9.17) is 10.1 Å². The lowest BCUT2D eigenvalue weighted by Crippen LogP contribution is -2.36. The first-order valence-electron chi connectivity index (χ1n) is 10.5. The van der Waals surface area contributed by atoms with Crippen molar-refractivity contribution in [2.45, 2.75) is 39.0 Å². The Morgan fingerprint density at radius 2 is 1.61 bits per heavy atom. The van der Waals surface area contributed by atoms with Crippen LogP contribution >= 0.6 is 0 Å². The van der Waals surface area contributed by atoms with Crippen molar-refractivity contribution < 1.29 is 28.2 Å². The monoisotopic (exact) mass is 458 g/mol. The molecule has 0 bridgehead atoms. The van der Waals surface area contributed by atoms with Crippen LogP contribution in [-0.2, 0) is 4.79 Å². The van der Waals surface area contributed by atoms with Gasteiger partial charge in [-0.3, -0.25) is 4.99 Å². The summed E-state index contributed by atoms with van der Waals surface area (Å²) >= 11 is 0. The van der Waals surface area contributed by atoms with Gasteiger partial charge in [-0.15, -0.1) is 0 Å². The minimum atomic E-state index is -1.67. The summed E-state index contributed by atoms with van der Waals surface area (Å²) in [6.45, 7) is 3.83. The molecule has 0 radical (unpaired) electrons. The molecule has 8 heteroatoms. The van der Waals surface area contributed by atoms with Gasteiger partial charge in [-0.2, -0.15) is 0 Å². The molecule has 33 heavy (non-hydrogen) atoms. The third-order valence-corrected chi connectivity index (χ3v) is 5.21. The number of hydrogen-bond acceptors (Lipinski definition) is 4. The zero-order chi connectivity index (χ0) is 24.1. The predicted octanol–water partition coefficient (Wildman–Crippen LogP) is 5.13. The summed E-state index contributed by atoms with van der Waals surface area (Å²) in [5, 5.41) is 18.3. The second-order valence-corrected chi connectivity index (χ2v) is 8.09. The van der Waals surface area contributed by atoms with Crippen LogP contribution in [0, 0.1) is 17.6 Å². The lowest BCUT2D eigenvalue weighted by Gasteiger charge is -2.36. The van der Waals surface area contributed by atoms with Crippen molar-refractivity contribution >= 4 is 17.4 Å². The molecule has 0 spiro atoms. The predicted molar refractivity (Wildman–Crippen MR) is 120 cm³/mol. The van der Waals surface area contributed by atoms with E-state index in [1.165, 1.54) is 30.5 Å². The number of aliphatic imine (C=N–C) groups is 1. The molecule has 0 aliphatic carbocycles. The summed E-state index contributed by atoms with van der Waals surface area (Å²) in [6, 6.07) is 11.6. The van der Waals surface area contributed by atoms with E-state index in [-0.39, 0.29) is 24.6 Å². The second kappa shape index (κ2) is 10.5. The zero-order valence-corrected chi connectivity index (χ0v) is 18.3. The van der Waals surface area contributed by atoms with Crippen LogP contribution in [0.5, 0.6) is 0 Å². The maximum Gasteiger partial charge on any atom is 0.332 e. The number of rotatable bonds is 8. The number of carboxylic acids is 1. The Hall–Kier alpha value is -3.39. The number of carboxylic acid groups (broad SMARTS) is 1. The van der Waals surface area contributed by atoms with Crippen LogP contribution in [0.1, 0.15) is 37.8 Å². The maximum atomic E-state index is 14.8. The molecule has 174 valence electrons. The average Bonchev–Trinajstić information content (AvgIpc) is 2.78. The van der Waals surface area contributed by atoms with Crippen molar-refractivity contribution in [2.75, 3.05) is 0 Å². The summed E-state index contributed by atoms with van der Waals surface area (Å²) in [5.41, 5.74) is 2.41. The lowest BCUT2D eigenvalue weighted by atomic mass is 9.99. The van der Waals surface area contributed by atoms with Gasteiger partial charge >= 0.3 is 5.97 Å². The number of hydrogen-bond donors (Lipinski definition) is 2. The fourth-order valence-electron chi connectivity index (χ4n) is 3.45. The lowest BCUT2D eigenvalue weighted by molar-refractivity contribution is -0.146. The molecule has 3 rings (SSSR count). The van der Waals surface area contributed by atoms with E-state index in [1.54, 1.807) is 35.2 Å². The minimum absolute atomic E-state index is 0.0711. The van der Waals surface area contributed by atoms with E-state index in [2.05, 4.69) is 0 Å². The van der Waals surface area contributed by atoms with Gasteiger partial charge in [0.2, 0.25) is 0 Å². The Kier molecular flexibility index (Phi) is 7.71. The zero-order valence-electron chi connectivity index (χ0n) is 18.3. The number of allylic oxidation sites excluding steroid dienone is 2. The molecular weight excluding hydrogens is 433 g/mol. The quantitative estimate of drug-likeness (QED) is 0.575. The van der Waals surface area contributed by atoms with Crippen molar-refractivity contribution in [2.24, 2.45) is 10.9 Å². The van der Waals surface area contributed by atoms with Gasteiger partial charge in [0.05, 0.1) is 11.4 Å². The van der Waals surface area contributed by atoms with Crippen LogP contribution in [0.25, 0.3) is 5.70 Å². The highest BCUT2D eigenvalue weighted by Crippen LogP contribution is 2.32. The van der Waals surface area contributed by atoms with Crippen LogP contribution < -0.4 is 0 Å². The number of carbonyl (C=O) groups is 1. The van der Waals surface area contributed by atoms with Crippen LogP contribution in [0.4, 0.5) is 13.2 Å². The second-order valence-electron chi connectivity index (χ2n) is 8.09. The number of aliphatic carboxylic acids is 1. The maximum absolute atomic E-state index is 14.8. The SMILES string of the molecule is CC(C)C1N=C(c2ccc(F)cc2)C=C(c2ccc(F)cc2)N1C=C(F)CC[C@H](O)C(=O)O. The summed E-state index contributed by atoms with van der Waals surface area (Å²) in [4.78, 5) is 17.2. The van der Waals surface area contributed by atoms with E-state index in [9.17, 15) is 23.1 Å². The third kappa shape index (κ3) is 6.10. The Labute approximate surface area is 190 Å². The van der Waals surface area contributed by atoms with E-state index in [0.29, 0.717) is 22.5 Å². The van der Waals surface area contributed by atoms with Crippen LogP contribution in [0.15, 0.2) is 71.6 Å². The highest BCUT2D eigenvalue weighted by Gasteiger charge is 2.28. The van der Waals surface area contributed by atoms with Gasteiger partial charge < -0.3 is 15.1 Å². The first-order valence-corrected chi connectivity index (χ1v) is 10.5. The molecule has 1 aliphatic rings. The normalized spacial score (nSPS) is 17.6. The van der Waals surface area contributed by atoms with E-state index < -0.39 is 29.9 Å². The highest BCUT2D eigenvalue weighted by atomic mass is 19.1. The number of halogens is 3. The van der Waals surface area contributed by atoms with Gasteiger partial charge in [0.15, 0.2) is 6.10 Å². The summed E-state index contributed by atoms with van der Waals surface area (Å²) in [6.07, 6.45) is 0.193. The highest BCUT2D eigenvalue weighted by molar-refractivity contribution is 6.13. The average molecular weight is 458 g/mol. The minimum Gasteiger partial charge on any atom is -0.479 e. The molecule has 0 saturated heterocycles. The first kappa shape index (κ1) is 24.3. The standard InChI is InChI=1S/C25H25F3N2O3/c1-15(2)24-29-21(16-3-7-18(26)8-4-16)13-22(17-5-9-19(27)10-6-17)30(24)14-20(28)11-12-23(31)25(32)33/h3-10,13-15,23-24,31H,11-12H2,1-2H3,(H,32,33)/t23-,24?/m0/s1. The Morgan fingerprint density at radius 3 is 2.12 bits per heavy atom. The molecule has 0 fully saturated rings. The van der Waals surface area contributed by atoms with Crippen molar-refractivity contribution in [3.63, 3.8) is 0 Å². The van der Waals surface area contributed by atoms with Gasteiger partial charge in [-0.1, -0.05) is 13.8 Å². The van der Waals surface area contributed by atoms with Crippen molar-refractivity contribution in [3.05, 3.63) is 89.4 Å². The van der Waals surface area contributed by atoms with Crippen LogP contribution in [0.2, 0.25) is 0 Å². The fraction of sp³-hybridized carbons (Fsp3) is 0.280. The van der Waals surface area contributed by atoms with Crippen molar-refractivity contribution in [3.8, 4) is 0 Å². The first-order chi connectivity index (χ1) is 15.7. The van der Waals surface area contributed by atoms with Crippen molar-refractivity contribution in [1.29, 1.82) is 0 Å². The number of nitrogens with zero attached hydrogens (tertiary/aromatic N) is 2. The van der Waals surface area contributed by atoms with Gasteiger partial charge in [-0.05, 0) is 72.5 Å². The van der Waals surface area contributed by atoms with Crippen molar-refractivity contribution in [1.82, 2.24) is 4.90 Å².